The summed E-state index contributed by atoms with van der Waals surface area (Å²) < 4.78 is 47.5. The van der Waals surface area contributed by atoms with Crippen molar-refractivity contribution < 1.29 is 22.7 Å². The van der Waals surface area contributed by atoms with Gasteiger partial charge in [0.15, 0.2) is 0 Å². The molecule has 1 atom stereocenters. The number of ether oxygens (including phenoxy) is 1. The average Bonchev–Trinajstić information content (AvgIpc) is 3.28. The van der Waals surface area contributed by atoms with Crippen LogP contribution in [-0.2, 0) is 11.8 Å². The van der Waals surface area contributed by atoms with Crippen LogP contribution in [0.4, 0.5) is 13.2 Å². The molecule has 11 heteroatoms. The molecule has 0 spiro atoms. The van der Waals surface area contributed by atoms with Crippen LogP contribution in [0, 0.1) is 11.7 Å². The van der Waals surface area contributed by atoms with Crippen LogP contribution in [0.2, 0.25) is 5.02 Å². The number of rotatable bonds is 7. The molecule has 0 saturated carbocycles. The summed E-state index contributed by atoms with van der Waals surface area (Å²) in [6.45, 7) is 4.27. The second-order valence-electron chi connectivity index (χ2n) is 9.05. The molecule has 0 bridgehead atoms. The van der Waals surface area contributed by atoms with Crippen molar-refractivity contribution in [3.05, 3.63) is 88.2 Å². The highest BCUT2D eigenvalue weighted by molar-refractivity contribution is 6.30. The van der Waals surface area contributed by atoms with Gasteiger partial charge in [-0.05, 0) is 42.3 Å². The lowest BCUT2D eigenvalue weighted by atomic mass is 10.1. The molecule has 0 aliphatic rings. The number of hydrogen-bond donors (Lipinski definition) is 1. The number of halogens is 4. The van der Waals surface area contributed by atoms with Gasteiger partial charge in [0.2, 0.25) is 5.56 Å². The number of carbonyl (C=O) groups is 1. The van der Waals surface area contributed by atoms with E-state index in [2.05, 4.69) is 10.4 Å². The maximum Gasteiger partial charge on any atom is 0.321 e. The van der Waals surface area contributed by atoms with E-state index in [1.807, 2.05) is 19.9 Å². The topological polar surface area (TPSA) is 78.2 Å². The van der Waals surface area contributed by atoms with E-state index in [1.165, 1.54) is 22.8 Å². The highest BCUT2D eigenvalue weighted by Crippen LogP contribution is 2.23. The van der Waals surface area contributed by atoms with Gasteiger partial charge in [0.1, 0.15) is 18.2 Å². The minimum absolute atomic E-state index is 0.0555. The average molecular weight is 549 g/mol. The van der Waals surface area contributed by atoms with E-state index >= 15 is 0 Å². The fraction of sp³-hybridized carbons (Fsp3) is 0.296. The number of carbonyl (C=O) groups excluding carboxylic acids is 1. The van der Waals surface area contributed by atoms with Crippen molar-refractivity contribution in [2.45, 2.75) is 32.7 Å². The van der Waals surface area contributed by atoms with Crippen molar-refractivity contribution in [1.82, 2.24) is 19.7 Å². The Morgan fingerprint density at radius 3 is 2.45 bits per heavy atom. The maximum absolute atomic E-state index is 13.2. The largest absolute Gasteiger partial charge is 0.491 e. The van der Waals surface area contributed by atoms with Crippen LogP contribution in [0.1, 0.15) is 20.8 Å². The van der Waals surface area contributed by atoms with Crippen LogP contribution in [0.3, 0.4) is 0 Å². The fourth-order valence-electron chi connectivity index (χ4n) is 3.33. The molecule has 1 amide bonds. The Kier molecular flexibility index (Phi) is 9.22. The molecule has 4 rings (SSSR count). The van der Waals surface area contributed by atoms with E-state index in [0.717, 1.165) is 16.6 Å². The van der Waals surface area contributed by atoms with Crippen LogP contribution < -0.4 is 15.6 Å². The Bertz CT molecular complexity index is 1440. The van der Waals surface area contributed by atoms with Gasteiger partial charge >= 0.3 is 5.92 Å². The number of amides is 1. The molecule has 7 nitrogen and oxygen atoms in total. The van der Waals surface area contributed by atoms with Gasteiger partial charge in [-0.15, -0.1) is 0 Å². The molecule has 202 valence electrons. The van der Waals surface area contributed by atoms with Crippen LogP contribution in [0.15, 0.2) is 71.8 Å². The van der Waals surface area contributed by atoms with Crippen molar-refractivity contribution in [1.29, 1.82) is 0 Å². The second-order valence-corrected chi connectivity index (χ2v) is 9.46. The number of benzene rings is 2. The van der Waals surface area contributed by atoms with Crippen molar-refractivity contribution in [2.75, 3.05) is 6.61 Å². The third kappa shape index (κ3) is 7.38. The molecule has 38 heavy (non-hydrogen) atoms. The van der Waals surface area contributed by atoms with Crippen LogP contribution >= 0.6 is 11.6 Å². The number of alkyl halides is 2. The highest BCUT2D eigenvalue weighted by atomic mass is 35.5. The lowest BCUT2D eigenvalue weighted by Crippen LogP contribution is -2.48. The Morgan fingerprint density at radius 1 is 1.16 bits per heavy atom. The summed E-state index contributed by atoms with van der Waals surface area (Å²) in [5.74, 6) is -4.69. The first-order chi connectivity index (χ1) is 17.9. The Labute approximate surface area is 222 Å². The third-order valence-electron chi connectivity index (χ3n) is 5.63. The predicted octanol–water partition coefficient (Wildman–Crippen LogP) is 5.38. The molecule has 2 aromatic heterocycles. The number of hydrogen-bond acceptors (Lipinski definition) is 4. The minimum atomic E-state index is -3.44. The van der Waals surface area contributed by atoms with Gasteiger partial charge in [-0.1, -0.05) is 37.6 Å². The number of aromatic nitrogens is 3. The summed E-state index contributed by atoms with van der Waals surface area (Å²) in [6.07, 6.45) is 3.37. The Hall–Kier alpha value is -3.79. The van der Waals surface area contributed by atoms with E-state index in [9.17, 15) is 22.8 Å². The summed E-state index contributed by atoms with van der Waals surface area (Å²) >= 11 is 5.33. The summed E-state index contributed by atoms with van der Waals surface area (Å²) in [5.41, 5.74) is 1.45. The van der Waals surface area contributed by atoms with Crippen molar-refractivity contribution in [2.24, 2.45) is 13.0 Å². The zero-order valence-corrected chi connectivity index (χ0v) is 22.0. The smallest absolute Gasteiger partial charge is 0.321 e. The highest BCUT2D eigenvalue weighted by Gasteiger charge is 2.34. The molecular weight excluding hydrogens is 521 g/mol. The molecule has 2 heterocycles. The molecule has 1 N–H and O–H groups in total. The SMILES string of the molecule is CC(C)C(COc1ccc2c(cnn2-c2ccc(=O)n(C)c2)c1)NC(=O)C(C)(F)F.Fc1ccccc1Cl. The molecular formula is C27H28ClF3N4O3. The zero-order chi connectivity index (χ0) is 28.0. The van der Waals surface area contributed by atoms with E-state index in [0.29, 0.717) is 12.7 Å². The van der Waals surface area contributed by atoms with Crippen molar-refractivity contribution >= 4 is 28.4 Å². The third-order valence-corrected chi connectivity index (χ3v) is 5.93. The fourth-order valence-corrected chi connectivity index (χ4v) is 3.47. The maximum atomic E-state index is 13.2. The molecule has 0 saturated heterocycles. The van der Waals surface area contributed by atoms with Crippen LogP contribution in [-0.4, -0.2) is 38.8 Å². The summed E-state index contributed by atoms with van der Waals surface area (Å²) in [7, 11) is 1.67. The molecule has 0 fully saturated rings. The first-order valence-corrected chi connectivity index (χ1v) is 12.1. The van der Waals surface area contributed by atoms with Gasteiger partial charge in [0, 0.05) is 31.6 Å². The van der Waals surface area contributed by atoms with Crippen molar-refractivity contribution in [3.63, 3.8) is 0 Å². The monoisotopic (exact) mass is 548 g/mol. The number of fused-ring (bicyclic) bond motifs is 1. The number of pyridine rings is 1. The lowest BCUT2D eigenvalue weighted by molar-refractivity contribution is -0.144. The minimum Gasteiger partial charge on any atom is -0.491 e. The van der Waals surface area contributed by atoms with Gasteiger partial charge in [-0.25, -0.2) is 9.07 Å². The van der Waals surface area contributed by atoms with Gasteiger partial charge in [-0.2, -0.15) is 13.9 Å². The lowest BCUT2D eigenvalue weighted by Gasteiger charge is -2.24. The molecule has 2 aromatic carbocycles. The first kappa shape index (κ1) is 28.8. The first-order valence-electron chi connectivity index (χ1n) is 11.7. The second kappa shape index (κ2) is 12.2. The standard InChI is InChI=1S/C21H24F2N4O3.C6H4ClF/c1-13(2)17(25-20(29)21(3,22)23)12-30-16-6-7-18-14(9-16)10-24-27(18)15-5-8-19(28)26(4)11-15;7-5-3-1-2-4-6(5)8/h5-11,13,17H,12H2,1-4H3,(H,25,29);1-4H. The van der Waals surface area contributed by atoms with Gasteiger partial charge in [0.05, 0.1) is 28.5 Å². The number of aryl methyl sites for hydroxylation is 1. The molecule has 0 aliphatic heterocycles. The summed E-state index contributed by atoms with van der Waals surface area (Å²) in [4.78, 5) is 23.2. The van der Waals surface area contributed by atoms with Crippen LogP contribution in [0.5, 0.6) is 5.75 Å². The van der Waals surface area contributed by atoms with E-state index in [4.69, 9.17) is 16.3 Å². The quantitative estimate of drug-likeness (QED) is 0.336. The Balaban J connectivity index is 0.000000427. The predicted molar refractivity (Wildman–Crippen MR) is 141 cm³/mol. The Morgan fingerprint density at radius 2 is 1.87 bits per heavy atom. The summed E-state index contributed by atoms with van der Waals surface area (Å²) in [6, 6.07) is 14.1. The summed E-state index contributed by atoms with van der Waals surface area (Å²) in [5, 5.41) is 7.70. The zero-order valence-electron chi connectivity index (χ0n) is 21.3. The molecule has 4 aromatic rings. The van der Waals surface area contributed by atoms with Crippen LogP contribution in [0.25, 0.3) is 16.6 Å². The van der Waals surface area contributed by atoms with E-state index in [-0.39, 0.29) is 28.9 Å². The van der Waals surface area contributed by atoms with Gasteiger partial charge in [-0.3, -0.25) is 9.59 Å². The normalized spacial score (nSPS) is 12.1. The molecule has 0 aliphatic carbocycles. The number of nitrogens with one attached hydrogen (secondary N) is 1. The van der Waals surface area contributed by atoms with Gasteiger partial charge < -0.3 is 14.6 Å². The van der Waals surface area contributed by atoms with E-state index < -0.39 is 17.9 Å². The molecule has 1 unspecified atom stereocenters. The molecule has 0 radical (unpaired) electrons. The van der Waals surface area contributed by atoms with E-state index in [1.54, 1.807) is 54.5 Å². The van der Waals surface area contributed by atoms with Gasteiger partial charge in [0.25, 0.3) is 5.91 Å². The number of nitrogens with zero attached hydrogens (tertiary/aromatic N) is 3. The van der Waals surface area contributed by atoms with Crippen molar-refractivity contribution in [3.8, 4) is 11.4 Å².